The highest BCUT2D eigenvalue weighted by Crippen LogP contribution is 2.44. The molecule has 2 saturated carbocycles. The van der Waals surface area contributed by atoms with Crippen LogP contribution in [0.4, 0.5) is 0 Å². The second kappa shape index (κ2) is 10.7. The van der Waals surface area contributed by atoms with Crippen molar-refractivity contribution in [2.24, 2.45) is 17.0 Å². The maximum Gasteiger partial charge on any atom is 0.140 e. The fraction of sp³-hybridized carbons (Fsp3) is 0.394. The first-order valence-electron chi connectivity index (χ1n) is 14.7. The first-order chi connectivity index (χ1) is 19.7. The molecule has 4 heterocycles. The Morgan fingerprint density at radius 3 is 2.73 bits per heavy atom. The maximum atomic E-state index is 6.40. The van der Waals surface area contributed by atoms with Gasteiger partial charge in [-0.25, -0.2) is 15.8 Å². The fourth-order valence-corrected chi connectivity index (χ4v) is 6.34. The van der Waals surface area contributed by atoms with Crippen LogP contribution in [0.2, 0.25) is 0 Å². The Morgan fingerprint density at radius 2 is 2.00 bits per heavy atom. The van der Waals surface area contributed by atoms with Crippen LogP contribution in [0.5, 0.6) is 0 Å². The van der Waals surface area contributed by atoms with E-state index >= 15 is 0 Å². The van der Waals surface area contributed by atoms with Crippen molar-refractivity contribution in [3.63, 3.8) is 0 Å². The van der Waals surface area contributed by atoms with Crippen LogP contribution in [0.15, 0.2) is 73.9 Å². The second-order valence-electron chi connectivity index (χ2n) is 12.1. The molecule has 8 nitrogen and oxygen atoms in total. The van der Waals surface area contributed by atoms with Crippen LogP contribution in [-0.4, -0.2) is 23.8 Å². The number of hydrogen-bond donors (Lipinski definition) is 3. The Morgan fingerprint density at radius 1 is 1.22 bits per heavy atom. The first-order valence-corrected chi connectivity index (χ1v) is 14.7. The minimum Gasteiger partial charge on any atom is -0.396 e. The highest BCUT2D eigenvalue weighted by Gasteiger charge is 2.33. The van der Waals surface area contributed by atoms with Crippen molar-refractivity contribution in [3.05, 3.63) is 108 Å². The van der Waals surface area contributed by atoms with Gasteiger partial charge >= 0.3 is 0 Å². The zero-order valence-corrected chi connectivity index (χ0v) is 24.4. The van der Waals surface area contributed by atoms with Gasteiger partial charge in [0.25, 0.3) is 0 Å². The van der Waals surface area contributed by atoms with Gasteiger partial charge in [0.15, 0.2) is 0 Å². The van der Waals surface area contributed by atoms with Gasteiger partial charge in [0, 0.05) is 24.8 Å². The van der Waals surface area contributed by atoms with Gasteiger partial charge in [-0.15, -0.1) is 6.58 Å². The Balaban J connectivity index is 1.16. The Kier molecular flexibility index (Phi) is 7.11. The molecule has 2 aliphatic carbocycles. The van der Waals surface area contributed by atoms with Crippen LogP contribution in [0.25, 0.3) is 11.2 Å². The van der Waals surface area contributed by atoms with Crippen molar-refractivity contribution in [1.29, 1.82) is 0 Å². The predicted octanol–water partition coefficient (Wildman–Crippen LogP) is 5.54. The maximum absolute atomic E-state index is 6.40. The van der Waals surface area contributed by atoms with E-state index in [1.165, 1.54) is 60.8 Å². The van der Waals surface area contributed by atoms with Crippen molar-refractivity contribution >= 4 is 11.2 Å². The lowest BCUT2D eigenvalue weighted by molar-refractivity contribution is 0.379. The topological polar surface area (TPSA) is 102 Å². The molecule has 0 radical (unpaired) electrons. The molecule has 0 unspecified atom stereocenters. The SMILES string of the molecule is C=CC1(Cc2cc(C3CC3)cn3cc(CN(N)/C=C(\N)C(=C)NCc4ncn5ccc(C)c(C)c45)nc23)CCCC1. The summed E-state index contributed by atoms with van der Waals surface area (Å²) >= 11 is 0. The van der Waals surface area contributed by atoms with Gasteiger partial charge in [-0.1, -0.05) is 31.6 Å². The molecule has 0 amide bonds. The minimum atomic E-state index is 0.180. The first kappa shape index (κ1) is 27.1. The number of imidazole rings is 2. The van der Waals surface area contributed by atoms with Crippen LogP contribution >= 0.6 is 0 Å². The number of aromatic nitrogens is 4. The van der Waals surface area contributed by atoms with Gasteiger partial charge in [-0.2, -0.15) is 0 Å². The molecular weight excluding hydrogens is 508 g/mol. The molecule has 4 aromatic rings. The summed E-state index contributed by atoms with van der Waals surface area (Å²) in [5, 5.41) is 4.89. The highest BCUT2D eigenvalue weighted by molar-refractivity contribution is 5.61. The van der Waals surface area contributed by atoms with Gasteiger partial charge in [0.2, 0.25) is 0 Å². The Hall–Kier alpha value is -4.04. The number of hydrazine groups is 1. The van der Waals surface area contributed by atoms with Gasteiger partial charge in [0.05, 0.1) is 47.7 Å². The molecule has 0 bridgehead atoms. The fourth-order valence-electron chi connectivity index (χ4n) is 6.34. The number of hydrogen-bond acceptors (Lipinski definition) is 6. The summed E-state index contributed by atoms with van der Waals surface area (Å²) in [4.78, 5) is 9.62. The van der Waals surface area contributed by atoms with Crippen molar-refractivity contribution in [1.82, 2.24) is 29.1 Å². The van der Waals surface area contributed by atoms with Crippen molar-refractivity contribution in [3.8, 4) is 0 Å². The van der Waals surface area contributed by atoms with Crippen LogP contribution in [0, 0.1) is 19.3 Å². The van der Waals surface area contributed by atoms with Crippen LogP contribution in [0.1, 0.15) is 78.1 Å². The molecule has 4 aromatic heterocycles. The van der Waals surface area contributed by atoms with E-state index < -0.39 is 0 Å². The number of pyridine rings is 2. The smallest absolute Gasteiger partial charge is 0.140 e. The van der Waals surface area contributed by atoms with E-state index in [-0.39, 0.29) is 5.41 Å². The molecule has 6 rings (SSSR count). The number of fused-ring (bicyclic) bond motifs is 2. The number of nitrogens with two attached hydrogens (primary N) is 2. The third-order valence-corrected chi connectivity index (χ3v) is 9.09. The zero-order chi connectivity index (χ0) is 28.7. The number of nitrogens with one attached hydrogen (secondary N) is 1. The lowest BCUT2D eigenvalue weighted by atomic mass is 9.80. The molecule has 2 fully saturated rings. The summed E-state index contributed by atoms with van der Waals surface area (Å²) < 4.78 is 4.24. The number of allylic oxidation sites excluding steroid dienone is 1. The van der Waals surface area contributed by atoms with Crippen molar-refractivity contribution < 1.29 is 0 Å². The number of rotatable bonds is 11. The molecule has 2 aliphatic rings. The summed E-state index contributed by atoms with van der Waals surface area (Å²) in [6.07, 6.45) is 20.6. The molecule has 5 N–H and O–H groups in total. The summed E-state index contributed by atoms with van der Waals surface area (Å²) in [5.74, 6) is 7.07. The van der Waals surface area contributed by atoms with Crippen LogP contribution in [0.3, 0.4) is 0 Å². The third kappa shape index (κ3) is 5.48. The molecule has 0 aromatic carbocycles. The molecule has 0 atom stereocenters. The van der Waals surface area contributed by atoms with E-state index in [2.05, 4.69) is 72.3 Å². The van der Waals surface area contributed by atoms with Crippen LogP contribution < -0.4 is 16.9 Å². The largest absolute Gasteiger partial charge is 0.396 e. The van der Waals surface area contributed by atoms with Crippen molar-refractivity contribution in [2.75, 3.05) is 0 Å². The molecule has 0 spiro atoms. The summed E-state index contributed by atoms with van der Waals surface area (Å²) in [6, 6.07) is 4.49. The second-order valence-corrected chi connectivity index (χ2v) is 12.1. The van der Waals surface area contributed by atoms with Gasteiger partial charge in [-0.05, 0) is 85.6 Å². The van der Waals surface area contributed by atoms with E-state index in [1.807, 2.05) is 16.9 Å². The predicted molar refractivity (Wildman–Crippen MR) is 165 cm³/mol. The summed E-state index contributed by atoms with van der Waals surface area (Å²) in [7, 11) is 0. The molecule has 41 heavy (non-hydrogen) atoms. The van der Waals surface area contributed by atoms with E-state index in [9.17, 15) is 0 Å². The lowest BCUT2D eigenvalue weighted by Crippen LogP contribution is -2.28. The molecule has 8 heteroatoms. The van der Waals surface area contributed by atoms with E-state index in [4.69, 9.17) is 16.6 Å². The van der Waals surface area contributed by atoms with Gasteiger partial charge in [0.1, 0.15) is 5.65 Å². The summed E-state index contributed by atoms with van der Waals surface area (Å²) in [6.45, 7) is 13.5. The van der Waals surface area contributed by atoms with Crippen molar-refractivity contribution in [2.45, 2.75) is 77.8 Å². The third-order valence-electron chi connectivity index (χ3n) is 9.09. The molecule has 214 valence electrons. The molecule has 0 aliphatic heterocycles. The van der Waals surface area contributed by atoms with E-state index in [1.54, 1.807) is 11.2 Å². The number of nitrogens with zero attached hydrogens (tertiary/aromatic N) is 5. The lowest BCUT2D eigenvalue weighted by Gasteiger charge is -2.25. The quantitative estimate of drug-likeness (QED) is 0.0980. The number of aryl methyl sites for hydroxylation is 2. The Bertz CT molecular complexity index is 1640. The van der Waals surface area contributed by atoms with E-state index in [0.29, 0.717) is 30.4 Å². The van der Waals surface area contributed by atoms with Crippen LogP contribution in [-0.2, 0) is 19.5 Å². The molecular formula is C33H42N8. The minimum absolute atomic E-state index is 0.180. The highest BCUT2D eigenvalue weighted by atomic mass is 15.4. The van der Waals surface area contributed by atoms with Gasteiger partial charge < -0.3 is 24.9 Å². The average molecular weight is 551 g/mol. The van der Waals surface area contributed by atoms with Gasteiger partial charge in [-0.3, -0.25) is 0 Å². The standard InChI is InChI=1S/C33H42N8/c1-5-33(11-6-7-12-33)15-26-14-27(25-8-9-25)17-40-18-28(38-32(26)40)19-41(35)20-29(34)24(4)36-16-30-31-23(3)22(2)10-13-39(31)21-37-30/h5,10,13-14,17-18,20-21,25,36H,1,4,6-9,11-12,15-16,19,34-35H2,2-3H3/b29-20-. The van der Waals surface area contributed by atoms with E-state index in [0.717, 1.165) is 29.0 Å². The monoisotopic (exact) mass is 550 g/mol. The zero-order valence-electron chi connectivity index (χ0n) is 24.4. The summed E-state index contributed by atoms with van der Waals surface area (Å²) in [5.41, 5.74) is 16.8. The Labute approximate surface area is 242 Å². The normalized spacial score (nSPS) is 16.9. The molecule has 0 saturated heterocycles. The average Bonchev–Trinajstić information content (AvgIpc) is 3.35.